The first-order valence-electron chi connectivity index (χ1n) is 5.17. The molecule has 0 spiro atoms. The summed E-state index contributed by atoms with van der Waals surface area (Å²) in [5, 5.41) is 8.53. The van der Waals surface area contributed by atoms with Crippen molar-refractivity contribution in [3.05, 3.63) is 34.5 Å². The molecule has 0 bridgehead atoms. The Morgan fingerprint density at radius 1 is 1.25 bits per heavy atom. The van der Waals surface area contributed by atoms with Gasteiger partial charge >= 0.3 is 0 Å². The number of halogens is 1. The van der Waals surface area contributed by atoms with Crippen LogP contribution in [0.15, 0.2) is 12.4 Å². The highest BCUT2D eigenvalue weighted by Crippen LogP contribution is 2.20. The summed E-state index contributed by atoms with van der Waals surface area (Å²) in [7, 11) is 0. The predicted molar refractivity (Wildman–Crippen MR) is 63.0 cm³/mol. The van der Waals surface area contributed by atoms with Gasteiger partial charge in [0.05, 0.1) is 0 Å². The average Bonchev–Trinajstić information content (AvgIpc) is 2.74. The number of hydrogen-bond acceptors (Lipinski definition) is 3. The van der Waals surface area contributed by atoms with Crippen molar-refractivity contribution in [1.82, 2.24) is 19.7 Å². The number of aryl methyl sites for hydroxylation is 1. The van der Waals surface area contributed by atoms with E-state index in [9.17, 15) is 0 Å². The molecule has 0 N–H and O–H groups in total. The zero-order valence-electron chi connectivity index (χ0n) is 9.53. The van der Waals surface area contributed by atoms with Crippen LogP contribution in [0.3, 0.4) is 0 Å². The summed E-state index contributed by atoms with van der Waals surface area (Å²) < 4.78 is 1.95. The molecule has 0 aliphatic rings. The third-order valence-electron chi connectivity index (χ3n) is 2.70. The van der Waals surface area contributed by atoms with Crippen LogP contribution in [0.2, 0.25) is 5.15 Å². The maximum atomic E-state index is 5.92. The van der Waals surface area contributed by atoms with E-state index < -0.39 is 0 Å². The molecule has 0 atom stereocenters. The molecular formula is C11H13ClN4. The first-order valence-corrected chi connectivity index (χ1v) is 5.55. The molecule has 2 aromatic heterocycles. The maximum Gasteiger partial charge on any atom is 0.164 e. The van der Waals surface area contributed by atoms with E-state index in [4.69, 9.17) is 11.6 Å². The van der Waals surface area contributed by atoms with E-state index in [-0.39, 0.29) is 0 Å². The highest BCUT2D eigenvalue weighted by molar-refractivity contribution is 6.30. The van der Waals surface area contributed by atoms with Crippen molar-refractivity contribution in [2.24, 2.45) is 0 Å². The molecule has 0 radical (unpaired) electrons. The fourth-order valence-electron chi connectivity index (χ4n) is 1.58. The van der Waals surface area contributed by atoms with Crippen LogP contribution in [0.5, 0.6) is 0 Å². The fraction of sp³-hybridized carbons (Fsp3) is 0.364. The molecule has 0 aliphatic heterocycles. The van der Waals surface area contributed by atoms with E-state index in [0.29, 0.717) is 5.15 Å². The summed E-state index contributed by atoms with van der Waals surface area (Å²) in [5.74, 6) is 1.77. The number of imidazole rings is 1. The summed E-state index contributed by atoms with van der Waals surface area (Å²) in [6.07, 6.45) is 4.52. The van der Waals surface area contributed by atoms with E-state index in [2.05, 4.69) is 22.1 Å². The lowest BCUT2D eigenvalue weighted by atomic mass is 10.2. The lowest BCUT2D eigenvalue weighted by molar-refractivity contribution is 0.825. The summed E-state index contributed by atoms with van der Waals surface area (Å²) in [6, 6.07) is 0. The molecule has 84 valence electrons. The van der Waals surface area contributed by atoms with E-state index in [1.54, 1.807) is 6.20 Å². The molecule has 0 fully saturated rings. The molecule has 2 rings (SSSR count). The van der Waals surface area contributed by atoms with Crippen molar-refractivity contribution in [1.29, 1.82) is 0 Å². The molecule has 2 heterocycles. The topological polar surface area (TPSA) is 43.6 Å². The Labute approximate surface area is 99.3 Å². The van der Waals surface area contributed by atoms with E-state index in [1.807, 2.05) is 24.6 Å². The number of hydrogen-bond donors (Lipinski definition) is 0. The molecule has 5 heteroatoms. The molecule has 0 amide bonds. The van der Waals surface area contributed by atoms with Crippen LogP contribution in [0.4, 0.5) is 0 Å². The average molecular weight is 237 g/mol. The molecule has 0 unspecified atom stereocenters. The normalized spacial score (nSPS) is 10.8. The minimum Gasteiger partial charge on any atom is -0.286 e. The third kappa shape index (κ3) is 1.69. The Morgan fingerprint density at radius 2 is 2.00 bits per heavy atom. The summed E-state index contributed by atoms with van der Waals surface area (Å²) in [5.41, 5.74) is 2.00. The first kappa shape index (κ1) is 11.1. The predicted octanol–water partition coefficient (Wildman–Crippen LogP) is 2.49. The van der Waals surface area contributed by atoms with Gasteiger partial charge in [-0.15, -0.1) is 10.2 Å². The third-order valence-corrected chi connectivity index (χ3v) is 3.06. The van der Waals surface area contributed by atoms with Crippen LogP contribution in [-0.2, 0) is 6.42 Å². The van der Waals surface area contributed by atoms with Gasteiger partial charge in [0.1, 0.15) is 5.82 Å². The second kappa shape index (κ2) is 4.22. The fourth-order valence-corrected chi connectivity index (χ4v) is 1.76. The van der Waals surface area contributed by atoms with E-state index >= 15 is 0 Å². The maximum absolute atomic E-state index is 5.92. The molecule has 0 saturated heterocycles. The van der Waals surface area contributed by atoms with Crippen LogP contribution in [0.1, 0.15) is 23.9 Å². The van der Waals surface area contributed by atoms with Crippen molar-refractivity contribution in [2.45, 2.75) is 27.2 Å². The van der Waals surface area contributed by atoms with Gasteiger partial charge in [0.25, 0.3) is 0 Å². The van der Waals surface area contributed by atoms with Crippen molar-refractivity contribution in [2.75, 3.05) is 0 Å². The molecule has 0 saturated carbocycles. The second-order valence-corrected chi connectivity index (χ2v) is 3.99. The SMILES string of the molecule is CCc1nccn1-c1nnc(Cl)c(C)c1C. The zero-order valence-corrected chi connectivity index (χ0v) is 10.3. The zero-order chi connectivity index (χ0) is 11.7. The highest BCUT2D eigenvalue weighted by Gasteiger charge is 2.11. The number of nitrogens with zero attached hydrogens (tertiary/aromatic N) is 4. The van der Waals surface area contributed by atoms with Gasteiger partial charge in [-0.25, -0.2) is 4.98 Å². The monoisotopic (exact) mass is 236 g/mol. The lowest BCUT2D eigenvalue weighted by Crippen LogP contribution is -2.07. The van der Waals surface area contributed by atoms with Crippen LogP contribution < -0.4 is 0 Å². The minimum absolute atomic E-state index is 0.458. The largest absolute Gasteiger partial charge is 0.286 e. The Kier molecular flexibility index (Phi) is 2.92. The van der Waals surface area contributed by atoms with Crippen molar-refractivity contribution in [3.8, 4) is 5.82 Å². The summed E-state index contributed by atoms with van der Waals surface area (Å²) in [4.78, 5) is 4.27. The van der Waals surface area contributed by atoms with Crippen molar-refractivity contribution in [3.63, 3.8) is 0 Å². The van der Waals surface area contributed by atoms with Gasteiger partial charge in [0.2, 0.25) is 0 Å². The minimum atomic E-state index is 0.458. The molecule has 2 aromatic rings. The molecule has 0 aliphatic carbocycles. The Hall–Kier alpha value is -1.42. The van der Waals surface area contributed by atoms with Gasteiger partial charge in [0, 0.05) is 24.4 Å². The molecular weight excluding hydrogens is 224 g/mol. The Bertz CT molecular complexity index is 519. The smallest absolute Gasteiger partial charge is 0.164 e. The Balaban J connectivity index is 2.61. The highest BCUT2D eigenvalue weighted by atomic mass is 35.5. The summed E-state index contributed by atoms with van der Waals surface area (Å²) in [6.45, 7) is 5.99. The quantitative estimate of drug-likeness (QED) is 0.805. The first-order chi connectivity index (χ1) is 7.65. The van der Waals surface area contributed by atoms with E-state index in [0.717, 1.165) is 29.2 Å². The van der Waals surface area contributed by atoms with Gasteiger partial charge in [-0.05, 0) is 19.4 Å². The standard InChI is InChI=1S/C11H13ClN4/c1-4-9-13-5-6-16(9)11-8(3)7(2)10(12)14-15-11/h5-6H,4H2,1-3H3. The van der Waals surface area contributed by atoms with Crippen molar-refractivity contribution >= 4 is 11.6 Å². The lowest BCUT2D eigenvalue weighted by Gasteiger charge is -2.10. The van der Waals surface area contributed by atoms with Gasteiger partial charge in [-0.3, -0.25) is 4.57 Å². The molecule has 0 aromatic carbocycles. The van der Waals surface area contributed by atoms with Crippen LogP contribution in [-0.4, -0.2) is 19.7 Å². The van der Waals surface area contributed by atoms with Gasteiger partial charge in [-0.2, -0.15) is 0 Å². The second-order valence-electron chi connectivity index (χ2n) is 3.63. The van der Waals surface area contributed by atoms with E-state index in [1.165, 1.54) is 0 Å². The van der Waals surface area contributed by atoms with Crippen LogP contribution >= 0.6 is 11.6 Å². The van der Waals surface area contributed by atoms with Gasteiger partial charge in [-0.1, -0.05) is 18.5 Å². The van der Waals surface area contributed by atoms with Crippen LogP contribution in [0.25, 0.3) is 5.82 Å². The number of rotatable bonds is 2. The van der Waals surface area contributed by atoms with Crippen LogP contribution in [0, 0.1) is 13.8 Å². The number of aromatic nitrogens is 4. The van der Waals surface area contributed by atoms with Gasteiger partial charge < -0.3 is 0 Å². The Morgan fingerprint density at radius 3 is 2.69 bits per heavy atom. The van der Waals surface area contributed by atoms with Crippen molar-refractivity contribution < 1.29 is 0 Å². The summed E-state index contributed by atoms with van der Waals surface area (Å²) >= 11 is 5.92. The molecule has 4 nitrogen and oxygen atoms in total. The van der Waals surface area contributed by atoms with Gasteiger partial charge in [0.15, 0.2) is 11.0 Å². The molecule has 16 heavy (non-hydrogen) atoms.